The van der Waals surface area contributed by atoms with E-state index in [0.717, 1.165) is 25.1 Å². The maximum atomic E-state index is 13.3. The number of rotatable bonds is 3. The van der Waals surface area contributed by atoms with Gasteiger partial charge in [0.25, 0.3) is 0 Å². The predicted octanol–water partition coefficient (Wildman–Crippen LogP) is 2.12. The van der Waals surface area contributed by atoms with E-state index in [9.17, 15) is 4.39 Å². The molecule has 0 bridgehead atoms. The molecule has 15 heavy (non-hydrogen) atoms. The lowest BCUT2D eigenvalue weighted by Gasteiger charge is -2.41. The zero-order chi connectivity index (χ0) is 10.9. The summed E-state index contributed by atoms with van der Waals surface area (Å²) in [5, 5.41) is 3.17. The van der Waals surface area contributed by atoms with Gasteiger partial charge in [-0.05, 0) is 27.6 Å². The first-order valence-corrected chi connectivity index (χ1v) is 5.65. The molecule has 0 saturated carbocycles. The molecule has 0 radical (unpaired) electrons. The Labute approximate surface area is 96.9 Å². The van der Waals surface area contributed by atoms with E-state index in [0.29, 0.717) is 4.47 Å². The van der Waals surface area contributed by atoms with Crippen LogP contribution in [0.25, 0.3) is 0 Å². The lowest BCUT2D eigenvalue weighted by atomic mass is 9.89. The Hall–Kier alpha value is -0.450. The van der Waals surface area contributed by atoms with Crippen LogP contribution >= 0.6 is 15.9 Å². The molecule has 1 heterocycles. The van der Waals surface area contributed by atoms with Crippen molar-refractivity contribution in [1.29, 1.82) is 0 Å². The van der Waals surface area contributed by atoms with Crippen molar-refractivity contribution < 1.29 is 9.13 Å². The number of benzene rings is 1. The Bertz CT molecular complexity index is 360. The molecule has 1 fully saturated rings. The zero-order valence-electron chi connectivity index (χ0n) is 8.52. The van der Waals surface area contributed by atoms with Crippen LogP contribution in [-0.2, 0) is 11.2 Å². The van der Waals surface area contributed by atoms with E-state index in [1.807, 2.05) is 6.07 Å². The summed E-state index contributed by atoms with van der Waals surface area (Å²) in [4.78, 5) is 0. The van der Waals surface area contributed by atoms with E-state index in [1.54, 1.807) is 13.2 Å². The number of methoxy groups -OCH3 is 1. The number of nitrogens with one attached hydrogen (secondary N) is 1. The summed E-state index contributed by atoms with van der Waals surface area (Å²) in [5.41, 5.74) is 0.800. The molecule has 82 valence electrons. The van der Waals surface area contributed by atoms with Crippen molar-refractivity contribution in [3.8, 4) is 0 Å². The molecule has 1 aromatic rings. The van der Waals surface area contributed by atoms with Crippen LogP contribution in [0.3, 0.4) is 0 Å². The quantitative estimate of drug-likeness (QED) is 0.911. The van der Waals surface area contributed by atoms with Gasteiger partial charge in [-0.2, -0.15) is 0 Å². The van der Waals surface area contributed by atoms with Crippen LogP contribution in [-0.4, -0.2) is 25.8 Å². The van der Waals surface area contributed by atoms with Crippen molar-refractivity contribution in [1.82, 2.24) is 5.32 Å². The van der Waals surface area contributed by atoms with Crippen LogP contribution < -0.4 is 5.32 Å². The second-order valence-electron chi connectivity index (χ2n) is 3.88. The van der Waals surface area contributed by atoms with E-state index in [1.165, 1.54) is 6.07 Å². The summed E-state index contributed by atoms with van der Waals surface area (Å²) in [6, 6.07) is 5.10. The highest BCUT2D eigenvalue weighted by molar-refractivity contribution is 9.10. The minimum atomic E-state index is -0.217. The second kappa shape index (κ2) is 4.20. The van der Waals surface area contributed by atoms with Crippen molar-refractivity contribution in [2.45, 2.75) is 12.0 Å². The molecule has 0 atom stereocenters. The molecule has 0 amide bonds. The molecule has 0 aliphatic carbocycles. The van der Waals surface area contributed by atoms with Gasteiger partial charge < -0.3 is 10.1 Å². The van der Waals surface area contributed by atoms with Gasteiger partial charge in [0.05, 0.1) is 10.1 Å². The second-order valence-corrected chi connectivity index (χ2v) is 4.67. The molecule has 1 N–H and O–H groups in total. The molecule has 1 aliphatic heterocycles. The summed E-state index contributed by atoms with van der Waals surface area (Å²) in [6.07, 6.45) is 0.731. The first-order valence-electron chi connectivity index (χ1n) is 4.86. The molecule has 1 saturated heterocycles. The summed E-state index contributed by atoms with van der Waals surface area (Å²) >= 11 is 3.26. The van der Waals surface area contributed by atoms with Crippen LogP contribution in [0.4, 0.5) is 4.39 Å². The number of hydrogen-bond donors (Lipinski definition) is 1. The Kier molecular flexibility index (Phi) is 3.09. The van der Waals surface area contributed by atoms with Crippen molar-refractivity contribution >= 4 is 15.9 Å². The molecule has 0 spiro atoms. The lowest BCUT2D eigenvalue weighted by Crippen LogP contribution is -2.61. The minimum absolute atomic E-state index is 0.156. The maximum Gasteiger partial charge on any atom is 0.137 e. The zero-order valence-corrected chi connectivity index (χ0v) is 10.1. The maximum absolute atomic E-state index is 13.3. The number of ether oxygens (including phenoxy) is 1. The Morgan fingerprint density at radius 1 is 1.53 bits per heavy atom. The topological polar surface area (TPSA) is 21.3 Å². The molecule has 1 aromatic carbocycles. The van der Waals surface area contributed by atoms with Gasteiger partial charge >= 0.3 is 0 Å². The lowest BCUT2D eigenvalue weighted by molar-refractivity contribution is -0.0503. The van der Waals surface area contributed by atoms with E-state index in [4.69, 9.17) is 4.74 Å². The first-order chi connectivity index (χ1) is 7.17. The Balaban J connectivity index is 2.20. The predicted molar refractivity (Wildman–Crippen MR) is 60.4 cm³/mol. The number of hydrogen-bond acceptors (Lipinski definition) is 2. The van der Waals surface area contributed by atoms with Gasteiger partial charge in [-0.1, -0.05) is 12.1 Å². The number of halogens is 2. The van der Waals surface area contributed by atoms with Gasteiger partial charge in [0.15, 0.2) is 0 Å². The van der Waals surface area contributed by atoms with E-state index in [-0.39, 0.29) is 11.4 Å². The third-order valence-electron chi connectivity index (χ3n) is 2.87. The van der Waals surface area contributed by atoms with Crippen LogP contribution in [0.5, 0.6) is 0 Å². The third-order valence-corrected chi connectivity index (χ3v) is 3.76. The van der Waals surface area contributed by atoms with E-state index >= 15 is 0 Å². The largest absolute Gasteiger partial charge is 0.375 e. The minimum Gasteiger partial charge on any atom is -0.375 e. The Morgan fingerprint density at radius 3 is 2.80 bits per heavy atom. The normalized spacial score (nSPS) is 18.6. The van der Waals surface area contributed by atoms with Crippen molar-refractivity contribution in [3.63, 3.8) is 0 Å². The van der Waals surface area contributed by atoms with Crippen LogP contribution in [0.15, 0.2) is 22.7 Å². The van der Waals surface area contributed by atoms with Gasteiger partial charge in [0.1, 0.15) is 5.82 Å². The summed E-state index contributed by atoms with van der Waals surface area (Å²) < 4.78 is 19.3. The molecule has 0 aromatic heterocycles. The SMILES string of the molecule is COC1(Cc2cccc(F)c2Br)CNC1. The van der Waals surface area contributed by atoms with Crippen molar-refractivity contribution in [2.24, 2.45) is 0 Å². The van der Waals surface area contributed by atoms with Gasteiger partial charge in [-0.3, -0.25) is 0 Å². The molecular formula is C11H13BrFNO. The van der Waals surface area contributed by atoms with Crippen LogP contribution in [0, 0.1) is 5.82 Å². The van der Waals surface area contributed by atoms with Crippen LogP contribution in [0.1, 0.15) is 5.56 Å². The van der Waals surface area contributed by atoms with E-state index in [2.05, 4.69) is 21.2 Å². The standard InChI is InChI=1S/C11H13BrFNO/c1-15-11(6-14-7-11)5-8-3-2-4-9(13)10(8)12/h2-4,14H,5-7H2,1H3. The van der Waals surface area contributed by atoms with Gasteiger partial charge in [-0.25, -0.2) is 4.39 Å². The average Bonchev–Trinajstić information content (AvgIpc) is 2.18. The first kappa shape index (κ1) is 11.0. The smallest absolute Gasteiger partial charge is 0.137 e. The summed E-state index contributed by atoms with van der Waals surface area (Å²) in [6.45, 7) is 1.65. The fourth-order valence-electron chi connectivity index (χ4n) is 1.78. The van der Waals surface area contributed by atoms with E-state index < -0.39 is 0 Å². The van der Waals surface area contributed by atoms with Crippen molar-refractivity contribution in [3.05, 3.63) is 34.1 Å². The summed E-state index contributed by atoms with van der Waals surface area (Å²) in [5.74, 6) is -0.217. The molecule has 1 aliphatic rings. The fraction of sp³-hybridized carbons (Fsp3) is 0.455. The van der Waals surface area contributed by atoms with Gasteiger partial charge in [0, 0.05) is 26.6 Å². The van der Waals surface area contributed by atoms with Gasteiger partial charge in [0.2, 0.25) is 0 Å². The molecule has 2 rings (SSSR count). The highest BCUT2D eigenvalue weighted by Gasteiger charge is 2.37. The summed E-state index contributed by atoms with van der Waals surface area (Å²) in [7, 11) is 1.70. The third kappa shape index (κ3) is 2.07. The van der Waals surface area contributed by atoms with Gasteiger partial charge in [-0.15, -0.1) is 0 Å². The van der Waals surface area contributed by atoms with Crippen molar-refractivity contribution in [2.75, 3.05) is 20.2 Å². The molecule has 2 nitrogen and oxygen atoms in total. The fourth-order valence-corrected chi connectivity index (χ4v) is 2.18. The highest BCUT2D eigenvalue weighted by Crippen LogP contribution is 2.27. The average molecular weight is 274 g/mol. The van der Waals surface area contributed by atoms with Crippen LogP contribution in [0.2, 0.25) is 0 Å². The monoisotopic (exact) mass is 273 g/mol. The molecular weight excluding hydrogens is 261 g/mol. The molecule has 4 heteroatoms. The highest BCUT2D eigenvalue weighted by atomic mass is 79.9. The Morgan fingerprint density at radius 2 is 2.27 bits per heavy atom. The molecule has 0 unspecified atom stereocenters.